The molecule has 0 saturated carbocycles. The van der Waals surface area contributed by atoms with Crippen molar-refractivity contribution in [1.29, 1.82) is 0 Å². The first-order valence-corrected chi connectivity index (χ1v) is 13.4. The van der Waals surface area contributed by atoms with Gasteiger partial charge in [0.15, 0.2) is 0 Å². The number of fused-ring (bicyclic) bond motifs is 1. The molecule has 0 N–H and O–H groups in total. The number of rotatable bonds is 10. The van der Waals surface area contributed by atoms with Crippen LogP contribution in [-0.4, -0.2) is 48.7 Å². The highest BCUT2D eigenvalue weighted by atomic mass is 35.5. The van der Waals surface area contributed by atoms with Gasteiger partial charge in [-0.2, -0.15) is 13.2 Å². The van der Waals surface area contributed by atoms with Crippen molar-refractivity contribution in [2.75, 3.05) is 24.6 Å². The normalized spacial score (nSPS) is 17.5. The number of hydrogen-bond acceptors (Lipinski definition) is 5. The van der Waals surface area contributed by atoms with Crippen molar-refractivity contribution >= 4 is 46.8 Å². The molecule has 2 aromatic rings. The minimum atomic E-state index is -4.56. The molecule has 0 aromatic heterocycles. The van der Waals surface area contributed by atoms with Crippen LogP contribution in [0.15, 0.2) is 30.3 Å². The Balaban J connectivity index is 1.32. The van der Waals surface area contributed by atoms with Gasteiger partial charge in [-0.1, -0.05) is 42.6 Å². The van der Waals surface area contributed by atoms with Gasteiger partial charge in [-0.25, -0.2) is 4.79 Å². The average Bonchev–Trinajstić information content (AvgIpc) is 3.14. The van der Waals surface area contributed by atoms with Gasteiger partial charge in [0.1, 0.15) is 18.0 Å². The maximum Gasteiger partial charge on any atom is 0.396 e. The molecule has 1 atom stereocenters. The number of anilines is 1. The van der Waals surface area contributed by atoms with Crippen molar-refractivity contribution in [1.82, 2.24) is 4.90 Å². The molecule has 1 saturated heterocycles. The first-order valence-electron chi connectivity index (χ1n) is 12.6. The zero-order chi connectivity index (χ0) is 28.3. The van der Waals surface area contributed by atoms with Crippen molar-refractivity contribution in [3.05, 3.63) is 51.5 Å². The second kappa shape index (κ2) is 12.0. The standard InChI is InChI=1S/C27H27Cl2F3N2O5/c1-2-6-20-22(8-7-19-21(27(30,31)32)14-24(36)39-25(19)20)38-10-5-3-4-9-33-23(35)15-34(26(33)37)18-12-16(28)11-17(29)13-18/h7-8,11-13,21H,2-6,9-10,14-15H2,1H3. The average molecular weight is 587 g/mol. The lowest BCUT2D eigenvalue weighted by Crippen LogP contribution is -2.33. The van der Waals surface area contributed by atoms with Crippen molar-refractivity contribution in [2.45, 2.75) is 57.5 Å². The quantitative estimate of drug-likeness (QED) is 0.131. The summed E-state index contributed by atoms with van der Waals surface area (Å²) in [4.78, 5) is 39.7. The number of hydrogen-bond donors (Lipinski definition) is 0. The molecule has 0 aliphatic carbocycles. The predicted octanol–water partition coefficient (Wildman–Crippen LogP) is 6.92. The molecule has 1 fully saturated rings. The maximum atomic E-state index is 13.5. The summed E-state index contributed by atoms with van der Waals surface area (Å²) >= 11 is 12.0. The molecule has 39 heavy (non-hydrogen) atoms. The van der Waals surface area contributed by atoms with Gasteiger partial charge < -0.3 is 9.47 Å². The number of carbonyl (C=O) groups is 3. The topological polar surface area (TPSA) is 76.2 Å². The molecule has 210 valence electrons. The second-order valence-corrected chi connectivity index (χ2v) is 10.3. The van der Waals surface area contributed by atoms with E-state index in [4.69, 9.17) is 32.7 Å². The van der Waals surface area contributed by atoms with E-state index in [9.17, 15) is 27.6 Å². The number of halogens is 5. The molecule has 2 aromatic carbocycles. The number of carbonyl (C=O) groups excluding carboxylic acids is 3. The van der Waals surface area contributed by atoms with Gasteiger partial charge in [-0.05, 0) is 49.9 Å². The minimum absolute atomic E-state index is 0.0491. The fraction of sp³-hybridized carbons (Fsp3) is 0.444. The number of urea groups is 1. The van der Waals surface area contributed by atoms with Crippen LogP contribution in [0.4, 0.5) is 23.7 Å². The van der Waals surface area contributed by atoms with Crippen molar-refractivity contribution in [3.8, 4) is 11.5 Å². The molecule has 7 nitrogen and oxygen atoms in total. The van der Waals surface area contributed by atoms with Crippen LogP contribution in [0.1, 0.15) is 56.1 Å². The highest BCUT2D eigenvalue weighted by Gasteiger charge is 2.47. The number of unbranched alkanes of at least 4 members (excludes halogenated alkanes) is 2. The molecule has 12 heteroatoms. The Bertz CT molecular complexity index is 1250. The van der Waals surface area contributed by atoms with Gasteiger partial charge in [0.2, 0.25) is 0 Å². The highest BCUT2D eigenvalue weighted by molar-refractivity contribution is 6.35. The van der Waals surface area contributed by atoms with Crippen LogP contribution in [0.2, 0.25) is 10.0 Å². The van der Waals surface area contributed by atoms with E-state index in [1.54, 1.807) is 12.1 Å². The molecule has 0 bridgehead atoms. The summed E-state index contributed by atoms with van der Waals surface area (Å²) in [6, 6.07) is 7.04. The van der Waals surface area contributed by atoms with E-state index in [1.807, 2.05) is 6.92 Å². The lowest BCUT2D eigenvalue weighted by atomic mass is 9.89. The molecule has 2 heterocycles. The van der Waals surface area contributed by atoms with Gasteiger partial charge in [0.05, 0.1) is 18.9 Å². The third-order valence-electron chi connectivity index (χ3n) is 6.60. The monoisotopic (exact) mass is 586 g/mol. The lowest BCUT2D eigenvalue weighted by Gasteiger charge is -2.28. The van der Waals surface area contributed by atoms with Gasteiger partial charge in [0.25, 0.3) is 5.91 Å². The van der Waals surface area contributed by atoms with Gasteiger partial charge in [-0.3, -0.25) is 19.4 Å². The Hall–Kier alpha value is -2.98. The van der Waals surface area contributed by atoms with E-state index in [-0.39, 0.29) is 36.9 Å². The Morgan fingerprint density at radius 3 is 2.44 bits per heavy atom. The van der Waals surface area contributed by atoms with E-state index in [0.717, 1.165) is 0 Å². The molecule has 4 rings (SSSR count). The first kappa shape index (κ1) is 29.0. The Morgan fingerprint density at radius 1 is 1.05 bits per heavy atom. The lowest BCUT2D eigenvalue weighted by molar-refractivity contribution is -0.166. The fourth-order valence-corrected chi connectivity index (χ4v) is 5.27. The smallest absolute Gasteiger partial charge is 0.396 e. The summed E-state index contributed by atoms with van der Waals surface area (Å²) in [6.07, 6.45) is -2.52. The number of imide groups is 1. The largest absolute Gasteiger partial charge is 0.493 e. The molecule has 0 spiro atoms. The number of alkyl halides is 3. The van der Waals surface area contributed by atoms with E-state index >= 15 is 0 Å². The van der Waals surface area contributed by atoms with Crippen LogP contribution in [0, 0.1) is 0 Å². The Kier molecular flexibility index (Phi) is 8.96. The first-order chi connectivity index (χ1) is 18.5. The number of amides is 3. The summed E-state index contributed by atoms with van der Waals surface area (Å²) in [5.74, 6) is -2.81. The van der Waals surface area contributed by atoms with Crippen LogP contribution in [-0.2, 0) is 16.0 Å². The molecule has 1 unspecified atom stereocenters. The minimum Gasteiger partial charge on any atom is -0.493 e. The molecular weight excluding hydrogens is 560 g/mol. The summed E-state index contributed by atoms with van der Waals surface area (Å²) in [7, 11) is 0. The van der Waals surface area contributed by atoms with E-state index in [1.165, 1.54) is 28.0 Å². The molecule has 3 amide bonds. The van der Waals surface area contributed by atoms with E-state index in [0.29, 0.717) is 59.1 Å². The van der Waals surface area contributed by atoms with Crippen molar-refractivity contribution < 1.29 is 37.0 Å². The van der Waals surface area contributed by atoms with Gasteiger partial charge in [0, 0.05) is 33.4 Å². The summed E-state index contributed by atoms with van der Waals surface area (Å²) < 4.78 is 51.7. The second-order valence-electron chi connectivity index (χ2n) is 9.43. The SMILES string of the molecule is CCCc1c(OCCCCCN2C(=O)CN(c3cc(Cl)cc(Cl)c3)C2=O)ccc2c1OC(=O)CC2C(F)(F)F. The van der Waals surface area contributed by atoms with Crippen molar-refractivity contribution in [2.24, 2.45) is 0 Å². The van der Waals surface area contributed by atoms with E-state index in [2.05, 4.69) is 0 Å². The van der Waals surface area contributed by atoms with E-state index < -0.39 is 30.5 Å². The van der Waals surface area contributed by atoms with Crippen molar-refractivity contribution in [3.63, 3.8) is 0 Å². The van der Waals surface area contributed by atoms with Crippen LogP contribution in [0.5, 0.6) is 11.5 Å². The molecular formula is C27H27Cl2F3N2O5. The maximum absolute atomic E-state index is 13.5. The van der Waals surface area contributed by atoms with Crippen LogP contribution >= 0.6 is 23.2 Å². The fourth-order valence-electron chi connectivity index (χ4n) is 4.76. The third kappa shape index (κ3) is 6.61. The zero-order valence-electron chi connectivity index (χ0n) is 21.2. The molecule has 0 radical (unpaired) electrons. The van der Waals surface area contributed by atoms with Gasteiger partial charge in [-0.15, -0.1) is 0 Å². The third-order valence-corrected chi connectivity index (χ3v) is 7.04. The molecule has 2 aliphatic rings. The summed E-state index contributed by atoms with van der Waals surface area (Å²) in [5.41, 5.74) is 0.848. The molecule has 2 aliphatic heterocycles. The zero-order valence-corrected chi connectivity index (χ0v) is 22.7. The summed E-state index contributed by atoms with van der Waals surface area (Å²) in [6.45, 7) is 2.27. The summed E-state index contributed by atoms with van der Waals surface area (Å²) in [5, 5.41) is 0.714. The van der Waals surface area contributed by atoms with Crippen LogP contribution < -0.4 is 14.4 Å². The highest BCUT2D eigenvalue weighted by Crippen LogP contribution is 2.48. The number of esters is 1. The van der Waals surface area contributed by atoms with Crippen LogP contribution in [0.3, 0.4) is 0 Å². The predicted molar refractivity (Wildman–Crippen MR) is 140 cm³/mol. The number of ether oxygens (including phenoxy) is 2. The number of nitrogens with zero attached hydrogens (tertiary/aromatic N) is 2. The number of benzene rings is 2. The Morgan fingerprint density at radius 2 is 1.77 bits per heavy atom. The Labute approximate surface area is 233 Å². The van der Waals surface area contributed by atoms with Crippen LogP contribution in [0.25, 0.3) is 0 Å². The van der Waals surface area contributed by atoms with Gasteiger partial charge >= 0.3 is 18.2 Å².